The number of rotatable bonds is 5. The fourth-order valence-corrected chi connectivity index (χ4v) is 6.76. The lowest BCUT2D eigenvalue weighted by Crippen LogP contribution is -2.00. The van der Waals surface area contributed by atoms with Gasteiger partial charge in [-0.05, 0) is 79.9 Å². The average molecular weight is 600 g/mol. The first-order valence-corrected chi connectivity index (χ1v) is 16.0. The Bertz CT molecular complexity index is 2420. The number of nitrogens with zero attached hydrogens (tertiary/aromatic N) is 3. The van der Waals surface area contributed by atoms with Crippen molar-refractivity contribution >= 4 is 16.3 Å². The molecule has 6 aromatic carbocycles. The third-order valence-electron chi connectivity index (χ3n) is 9.06. The van der Waals surface area contributed by atoms with Crippen molar-refractivity contribution in [2.75, 3.05) is 0 Å². The molecular weight excluding hydrogens is 571 g/mol. The van der Waals surface area contributed by atoms with Gasteiger partial charge >= 0.3 is 0 Å². The second-order valence-electron chi connectivity index (χ2n) is 12.0. The molecule has 47 heavy (non-hydrogen) atoms. The SMILES string of the molecule is C1=CCC=CC(c2ccc(-c3nc(-c4ccccc4)nc(-c4cccc(-c5cc6c7c(cccc7c5)-c5ccccc5-6)c4)n3)cc2)=C1. The number of fused-ring (bicyclic) bond motifs is 3. The molecule has 0 bridgehead atoms. The molecule has 9 rings (SSSR count). The summed E-state index contributed by atoms with van der Waals surface area (Å²) in [7, 11) is 0. The normalized spacial score (nSPS) is 13.0. The van der Waals surface area contributed by atoms with Gasteiger partial charge in [0.25, 0.3) is 0 Å². The topological polar surface area (TPSA) is 38.7 Å². The molecule has 0 saturated carbocycles. The maximum absolute atomic E-state index is 5.05. The molecule has 0 radical (unpaired) electrons. The Labute approximate surface area is 274 Å². The summed E-state index contributed by atoms with van der Waals surface area (Å²) in [5, 5.41) is 2.58. The summed E-state index contributed by atoms with van der Waals surface area (Å²) in [5.41, 5.74) is 12.7. The monoisotopic (exact) mass is 599 g/mol. The highest BCUT2D eigenvalue weighted by atomic mass is 15.0. The molecule has 0 aliphatic heterocycles. The van der Waals surface area contributed by atoms with Gasteiger partial charge in [0.1, 0.15) is 0 Å². The Morgan fingerprint density at radius 3 is 1.83 bits per heavy atom. The molecule has 0 atom stereocenters. The van der Waals surface area contributed by atoms with Crippen LogP contribution in [0, 0.1) is 0 Å². The zero-order valence-electron chi connectivity index (χ0n) is 25.6. The summed E-state index contributed by atoms with van der Waals surface area (Å²) >= 11 is 0. The molecule has 0 amide bonds. The summed E-state index contributed by atoms with van der Waals surface area (Å²) in [4.78, 5) is 15.0. The third-order valence-corrected chi connectivity index (χ3v) is 9.06. The van der Waals surface area contributed by atoms with Gasteiger partial charge in [-0.15, -0.1) is 0 Å². The number of hydrogen-bond donors (Lipinski definition) is 0. The van der Waals surface area contributed by atoms with E-state index in [4.69, 9.17) is 15.0 Å². The van der Waals surface area contributed by atoms with Gasteiger partial charge in [0, 0.05) is 16.7 Å². The highest BCUT2D eigenvalue weighted by Crippen LogP contribution is 2.48. The van der Waals surface area contributed by atoms with Crippen LogP contribution in [0.1, 0.15) is 12.0 Å². The number of hydrogen-bond acceptors (Lipinski definition) is 3. The van der Waals surface area contributed by atoms with E-state index in [1.165, 1.54) is 44.2 Å². The van der Waals surface area contributed by atoms with Crippen molar-refractivity contribution in [1.82, 2.24) is 15.0 Å². The van der Waals surface area contributed by atoms with Crippen molar-refractivity contribution in [3.05, 3.63) is 169 Å². The lowest BCUT2D eigenvalue weighted by Gasteiger charge is -2.11. The fraction of sp³-hybridized carbons (Fsp3) is 0.0227. The standard InChI is InChI=1S/C44H29N3/c1-2-5-13-29(12-4-1)30-22-24-32(25-23-30)43-45-42(31-14-6-3-7-15-31)46-44(47-43)35-18-10-16-33(26-35)36-27-34-17-11-21-39-37-19-8-9-20-38(37)40(28-36)41(34)39/h1,3-28H,2H2. The molecule has 1 aromatic heterocycles. The molecule has 2 aliphatic carbocycles. The molecule has 0 spiro atoms. The molecule has 3 nitrogen and oxygen atoms in total. The van der Waals surface area contributed by atoms with E-state index in [-0.39, 0.29) is 0 Å². The van der Waals surface area contributed by atoms with Crippen molar-refractivity contribution < 1.29 is 0 Å². The van der Waals surface area contributed by atoms with Gasteiger partial charge in [-0.1, -0.05) is 146 Å². The summed E-state index contributed by atoms with van der Waals surface area (Å²) in [5.74, 6) is 1.96. The van der Waals surface area contributed by atoms with Gasteiger partial charge in [-0.2, -0.15) is 0 Å². The predicted octanol–water partition coefficient (Wildman–Crippen LogP) is 11.2. The minimum atomic E-state index is 0.650. The van der Waals surface area contributed by atoms with Crippen LogP contribution in [0.15, 0.2) is 164 Å². The van der Waals surface area contributed by atoms with E-state index >= 15 is 0 Å². The van der Waals surface area contributed by atoms with Crippen molar-refractivity contribution in [2.45, 2.75) is 6.42 Å². The number of aromatic nitrogens is 3. The summed E-state index contributed by atoms with van der Waals surface area (Å²) in [6.45, 7) is 0. The lowest BCUT2D eigenvalue weighted by atomic mass is 9.95. The first-order valence-electron chi connectivity index (χ1n) is 16.0. The quantitative estimate of drug-likeness (QED) is 0.198. The number of allylic oxidation sites excluding steroid dienone is 6. The molecule has 0 unspecified atom stereocenters. The first-order chi connectivity index (χ1) is 23.3. The van der Waals surface area contributed by atoms with Crippen LogP contribution in [0.25, 0.3) is 83.9 Å². The Kier molecular flexibility index (Phi) is 6.53. The van der Waals surface area contributed by atoms with Crippen LogP contribution < -0.4 is 0 Å². The summed E-state index contributed by atoms with van der Waals surface area (Å²) < 4.78 is 0. The molecule has 1 heterocycles. The minimum absolute atomic E-state index is 0.650. The highest BCUT2D eigenvalue weighted by Gasteiger charge is 2.22. The van der Waals surface area contributed by atoms with E-state index in [1.807, 2.05) is 30.3 Å². The van der Waals surface area contributed by atoms with Gasteiger partial charge in [-0.25, -0.2) is 15.0 Å². The van der Waals surface area contributed by atoms with Gasteiger partial charge in [0.2, 0.25) is 0 Å². The largest absolute Gasteiger partial charge is 0.208 e. The number of benzene rings is 6. The molecule has 0 N–H and O–H groups in total. The maximum atomic E-state index is 5.05. The second-order valence-corrected chi connectivity index (χ2v) is 12.0. The zero-order chi connectivity index (χ0) is 31.2. The van der Waals surface area contributed by atoms with E-state index in [2.05, 4.69) is 134 Å². The maximum Gasteiger partial charge on any atom is 0.164 e. The van der Waals surface area contributed by atoms with Crippen molar-refractivity contribution in [2.24, 2.45) is 0 Å². The van der Waals surface area contributed by atoms with Crippen molar-refractivity contribution in [3.63, 3.8) is 0 Å². The zero-order valence-corrected chi connectivity index (χ0v) is 25.6. The minimum Gasteiger partial charge on any atom is -0.208 e. The van der Waals surface area contributed by atoms with Crippen LogP contribution in [0.5, 0.6) is 0 Å². The first kappa shape index (κ1) is 27.1. The smallest absolute Gasteiger partial charge is 0.164 e. The van der Waals surface area contributed by atoms with Crippen molar-refractivity contribution in [3.8, 4) is 67.5 Å². The van der Waals surface area contributed by atoms with E-state index < -0.39 is 0 Å². The Morgan fingerprint density at radius 2 is 1.02 bits per heavy atom. The van der Waals surface area contributed by atoms with Crippen LogP contribution in [0.3, 0.4) is 0 Å². The third kappa shape index (κ3) is 4.90. The van der Waals surface area contributed by atoms with E-state index in [1.54, 1.807) is 0 Å². The Morgan fingerprint density at radius 1 is 0.404 bits per heavy atom. The van der Waals surface area contributed by atoms with Gasteiger partial charge in [0.05, 0.1) is 0 Å². The van der Waals surface area contributed by atoms with Crippen LogP contribution in [-0.2, 0) is 0 Å². The Balaban J connectivity index is 1.15. The van der Waals surface area contributed by atoms with Crippen LogP contribution in [0.4, 0.5) is 0 Å². The summed E-state index contributed by atoms with van der Waals surface area (Å²) in [6.07, 6.45) is 11.7. The molecule has 3 heteroatoms. The molecule has 0 fully saturated rings. The van der Waals surface area contributed by atoms with Crippen LogP contribution in [0.2, 0.25) is 0 Å². The van der Waals surface area contributed by atoms with E-state index in [9.17, 15) is 0 Å². The van der Waals surface area contributed by atoms with E-state index in [0.29, 0.717) is 17.5 Å². The van der Waals surface area contributed by atoms with Crippen molar-refractivity contribution in [1.29, 1.82) is 0 Å². The van der Waals surface area contributed by atoms with Gasteiger partial charge in [0.15, 0.2) is 17.5 Å². The molecule has 7 aromatic rings. The molecular formula is C44H29N3. The summed E-state index contributed by atoms with van der Waals surface area (Å²) in [6, 6.07) is 47.2. The average Bonchev–Trinajstić information content (AvgIpc) is 3.27. The molecule has 220 valence electrons. The Hall–Kier alpha value is -6.19. The fourth-order valence-electron chi connectivity index (χ4n) is 6.76. The molecule has 0 saturated heterocycles. The van der Waals surface area contributed by atoms with E-state index in [0.717, 1.165) is 34.2 Å². The van der Waals surface area contributed by atoms with Gasteiger partial charge in [-0.3, -0.25) is 0 Å². The molecule has 2 aliphatic rings. The lowest BCUT2D eigenvalue weighted by molar-refractivity contribution is 1.07. The second kappa shape index (κ2) is 11.3. The van der Waals surface area contributed by atoms with Crippen LogP contribution in [-0.4, -0.2) is 15.0 Å². The van der Waals surface area contributed by atoms with Gasteiger partial charge < -0.3 is 0 Å². The predicted molar refractivity (Wildman–Crippen MR) is 194 cm³/mol. The highest BCUT2D eigenvalue weighted by molar-refractivity contribution is 6.16. The van der Waals surface area contributed by atoms with Crippen LogP contribution >= 0.6 is 0 Å².